The average Bonchev–Trinajstić information content (AvgIpc) is 3.28. The minimum atomic E-state index is -0.429. The number of aryl methyl sites for hydroxylation is 1. The van der Waals surface area contributed by atoms with E-state index >= 15 is 0 Å². The Kier molecular flexibility index (Phi) is 7.91. The van der Waals surface area contributed by atoms with Gasteiger partial charge in [-0.05, 0) is 43.0 Å². The highest BCUT2D eigenvalue weighted by Gasteiger charge is 2.20. The van der Waals surface area contributed by atoms with E-state index in [2.05, 4.69) is 45.2 Å². The lowest BCUT2D eigenvalue weighted by atomic mass is 10.1. The van der Waals surface area contributed by atoms with E-state index in [0.717, 1.165) is 60.8 Å². The number of nitrogens with one attached hydrogen (secondary N) is 2. The Labute approximate surface area is 200 Å². The Morgan fingerprint density at radius 2 is 1.91 bits per heavy atom. The van der Waals surface area contributed by atoms with Crippen molar-refractivity contribution in [1.29, 1.82) is 0 Å². The van der Waals surface area contributed by atoms with Crippen LogP contribution in [0, 0.1) is 0 Å². The minimum Gasteiger partial charge on any atom is -0.393 e. The summed E-state index contributed by atoms with van der Waals surface area (Å²) in [5, 5.41) is 15.2. The Morgan fingerprint density at radius 3 is 2.67 bits per heavy atom. The average molecular weight is 469 g/mol. The topological polar surface area (TPSA) is 71.6 Å². The van der Waals surface area contributed by atoms with Crippen molar-refractivity contribution in [3.63, 3.8) is 0 Å². The number of carbonyl (C=O) groups excluding carboxylic acids is 1. The molecule has 2 aromatic carbocycles. The molecule has 1 aromatic heterocycles. The zero-order valence-corrected chi connectivity index (χ0v) is 19.9. The molecule has 1 aliphatic heterocycles. The number of rotatable bonds is 9. The zero-order chi connectivity index (χ0) is 23.2. The van der Waals surface area contributed by atoms with E-state index < -0.39 is 6.10 Å². The number of amides is 1. The highest BCUT2D eigenvalue weighted by molar-refractivity contribution is 6.34. The standard InChI is InChI=1S/C26H33ClN4O2/c1-2-19-7-5-9-24(25(19)27)31-16-14-30(15-17-31)13-11-21(32)10-12-28-26(33)23-18-20-6-3-4-8-22(20)29-23/h3-9,18,21,29,32H,2,10-17H2,1H3,(H,28,33). The first-order chi connectivity index (χ1) is 16.0. The third kappa shape index (κ3) is 5.88. The molecule has 4 rings (SSSR count). The smallest absolute Gasteiger partial charge is 0.267 e. The van der Waals surface area contributed by atoms with Gasteiger partial charge in [-0.15, -0.1) is 0 Å². The summed E-state index contributed by atoms with van der Waals surface area (Å²) in [5.41, 5.74) is 3.81. The van der Waals surface area contributed by atoms with Crippen LogP contribution in [0.1, 0.15) is 35.8 Å². The van der Waals surface area contributed by atoms with Gasteiger partial charge in [0.2, 0.25) is 0 Å². The van der Waals surface area contributed by atoms with Gasteiger partial charge < -0.3 is 20.3 Å². The lowest BCUT2D eigenvalue weighted by Crippen LogP contribution is -2.47. The van der Waals surface area contributed by atoms with Gasteiger partial charge in [-0.25, -0.2) is 0 Å². The summed E-state index contributed by atoms with van der Waals surface area (Å²) in [4.78, 5) is 20.2. The second kappa shape index (κ2) is 11.1. The molecule has 0 spiro atoms. The van der Waals surface area contributed by atoms with Gasteiger partial charge in [0.15, 0.2) is 0 Å². The summed E-state index contributed by atoms with van der Waals surface area (Å²) in [6.07, 6.45) is 1.76. The van der Waals surface area contributed by atoms with Crippen LogP contribution in [0.3, 0.4) is 0 Å². The number of para-hydroxylation sites is 1. The Hall–Kier alpha value is -2.54. The van der Waals surface area contributed by atoms with Crippen molar-refractivity contribution < 1.29 is 9.90 Å². The number of aromatic nitrogens is 1. The molecule has 0 radical (unpaired) electrons. The van der Waals surface area contributed by atoms with Crippen LogP contribution in [-0.2, 0) is 6.42 Å². The first kappa shape index (κ1) is 23.6. The number of halogens is 1. The summed E-state index contributed by atoms with van der Waals surface area (Å²) in [6.45, 7) is 7.21. The van der Waals surface area contributed by atoms with E-state index in [0.29, 0.717) is 25.1 Å². The number of aliphatic hydroxyl groups is 1. The predicted molar refractivity (Wildman–Crippen MR) is 135 cm³/mol. The van der Waals surface area contributed by atoms with Crippen LogP contribution in [0.5, 0.6) is 0 Å². The zero-order valence-electron chi connectivity index (χ0n) is 19.2. The van der Waals surface area contributed by atoms with Crippen LogP contribution in [0.2, 0.25) is 5.02 Å². The molecule has 1 fully saturated rings. The monoisotopic (exact) mass is 468 g/mol. The van der Waals surface area contributed by atoms with Gasteiger partial charge in [-0.1, -0.05) is 48.9 Å². The molecule has 0 aliphatic carbocycles. The minimum absolute atomic E-state index is 0.139. The number of anilines is 1. The van der Waals surface area contributed by atoms with E-state index in [9.17, 15) is 9.90 Å². The first-order valence-electron chi connectivity index (χ1n) is 11.8. The Bertz CT molecular complexity index is 1040. The van der Waals surface area contributed by atoms with Gasteiger partial charge in [0.1, 0.15) is 5.69 Å². The van der Waals surface area contributed by atoms with Crippen molar-refractivity contribution in [3.05, 3.63) is 64.8 Å². The molecule has 2 heterocycles. The molecule has 3 aromatic rings. The summed E-state index contributed by atoms with van der Waals surface area (Å²) < 4.78 is 0. The number of aliphatic hydroxyl groups excluding tert-OH is 1. The highest BCUT2D eigenvalue weighted by atomic mass is 35.5. The third-order valence-electron chi connectivity index (χ3n) is 6.47. The molecule has 1 saturated heterocycles. The fourth-order valence-electron chi connectivity index (χ4n) is 4.42. The fourth-order valence-corrected chi connectivity index (χ4v) is 4.79. The number of nitrogens with zero attached hydrogens (tertiary/aromatic N) is 2. The van der Waals surface area contributed by atoms with Gasteiger partial charge in [0, 0.05) is 50.2 Å². The molecule has 0 saturated carbocycles. The second-order valence-electron chi connectivity index (χ2n) is 8.69. The lowest BCUT2D eigenvalue weighted by Gasteiger charge is -2.37. The van der Waals surface area contributed by atoms with Crippen molar-refractivity contribution in [3.8, 4) is 0 Å². The summed E-state index contributed by atoms with van der Waals surface area (Å²) in [7, 11) is 0. The van der Waals surface area contributed by atoms with Crippen LogP contribution in [0.4, 0.5) is 5.69 Å². The third-order valence-corrected chi connectivity index (χ3v) is 6.90. The molecule has 6 nitrogen and oxygen atoms in total. The van der Waals surface area contributed by atoms with Crippen molar-refractivity contribution >= 4 is 34.1 Å². The normalized spacial score (nSPS) is 15.7. The van der Waals surface area contributed by atoms with E-state index in [-0.39, 0.29) is 5.91 Å². The second-order valence-corrected chi connectivity index (χ2v) is 9.07. The number of piperazine rings is 1. The quantitative estimate of drug-likeness (QED) is 0.442. The predicted octanol–water partition coefficient (Wildman–Crippen LogP) is 4.08. The van der Waals surface area contributed by atoms with Crippen molar-refractivity contribution in [2.75, 3.05) is 44.2 Å². The number of hydrogen-bond acceptors (Lipinski definition) is 4. The summed E-state index contributed by atoms with van der Waals surface area (Å²) in [5.74, 6) is -0.139. The van der Waals surface area contributed by atoms with Gasteiger partial charge in [-0.2, -0.15) is 0 Å². The summed E-state index contributed by atoms with van der Waals surface area (Å²) in [6, 6.07) is 15.9. The number of carbonyl (C=O) groups is 1. The number of fused-ring (bicyclic) bond motifs is 1. The molecule has 176 valence electrons. The van der Waals surface area contributed by atoms with E-state index in [1.54, 1.807) is 0 Å². The molecule has 1 amide bonds. The molecular formula is C26H33ClN4O2. The molecule has 3 N–H and O–H groups in total. The fraction of sp³-hybridized carbons (Fsp3) is 0.423. The highest BCUT2D eigenvalue weighted by Crippen LogP contribution is 2.30. The van der Waals surface area contributed by atoms with Crippen molar-refractivity contribution in [2.24, 2.45) is 0 Å². The van der Waals surface area contributed by atoms with Gasteiger partial charge in [-0.3, -0.25) is 9.69 Å². The number of hydrogen-bond donors (Lipinski definition) is 3. The van der Waals surface area contributed by atoms with E-state index in [1.165, 1.54) is 5.56 Å². The van der Waals surface area contributed by atoms with Gasteiger partial charge in [0.05, 0.1) is 16.8 Å². The molecule has 33 heavy (non-hydrogen) atoms. The lowest BCUT2D eigenvalue weighted by molar-refractivity contribution is 0.0931. The molecule has 1 unspecified atom stereocenters. The Morgan fingerprint density at radius 1 is 1.12 bits per heavy atom. The Balaban J connectivity index is 1.16. The maximum atomic E-state index is 12.4. The van der Waals surface area contributed by atoms with Crippen LogP contribution < -0.4 is 10.2 Å². The van der Waals surface area contributed by atoms with Crippen molar-refractivity contribution in [1.82, 2.24) is 15.2 Å². The SMILES string of the molecule is CCc1cccc(N2CCN(CCC(O)CCNC(=O)c3cc4ccccc4[nH]3)CC2)c1Cl. The van der Waals surface area contributed by atoms with Crippen LogP contribution in [0.25, 0.3) is 10.9 Å². The molecule has 0 bridgehead atoms. The van der Waals surface area contributed by atoms with Gasteiger partial charge in [0.25, 0.3) is 5.91 Å². The largest absolute Gasteiger partial charge is 0.393 e. The summed E-state index contributed by atoms with van der Waals surface area (Å²) >= 11 is 6.59. The number of H-pyrrole nitrogens is 1. The number of aromatic amines is 1. The van der Waals surface area contributed by atoms with Crippen molar-refractivity contribution in [2.45, 2.75) is 32.3 Å². The molecular weight excluding hydrogens is 436 g/mol. The van der Waals surface area contributed by atoms with Crippen LogP contribution in [-0.4, -0.2) is 66.3 Å². The maximum absolute atomic E-state index is 12.4. The molecule has 1 aliphatic rings. The number of benzene rings is 2. The first-order valence-corrected chi connectivity index (χ1v) is 12.2. The molecule has 7 heteroatoms. The maximum Gasteiger partial charge on any atom is 0.267 e. The van der Waals surface area contributed by atoms with Crippen LogP contribution >= 0.6 is 11.6 Å². The van der Waals surface area contributed by atoms with E-state index in [1.807, 2.05) is 30.3 Å². The van der Waals surface area contributed by atoms with Crippen LogP contribution in [0.15, 0.2) is 48.5 Å². The van der Waals surface area contributed by atoms with Gasteiger partial charge >= 0.3 is 0 Å². The molecule has 1 atom stereocenters. The van der Waals surface area contributed by atoms with E-state index in [4.69, 9.17) is 11.6 Å².